The number of benzene rings is 3. The quantitative estimate of drug-likeness (QED) is 0.498. The number of amides is 1. The average molecular weight is 467 g/mol. The molecule has 174 valence electrons. The topological polar surface area (TPSA) is 75.7 Å². The summed E-state index contributed by atoms with van der Waals surface area (Å²) in [6.07, 6.45) is 0. The molecule has 1 amide bonds. The van der Waals surface area contributed by atoms with E-state index < -0.39 is 15.9 Å². The summed E-state index contributed by atoms with van der Waals surface area (Å²) >= 11 is 0. The molecule has 0 atom stereocenters. The summed E-state index contributed by atoms with van der Waals surface area (Å²) in [5, 5.41) is 2.90. The second kappa shape index (κ2) is 10.1. The Morgan fingerprint density at radius 1 is 0.879 bits per heavy atom. The van der Waals surface area contributed by atoms with Crippen molar-refractivity contribution in [1.82, 2.24) is 0 Å². The van der Waals surface area contributed by atoms with E-state index in [2.05, 4.69) is 5.32 Å². The van der Waals surface area contributed by atoms with Crippen LogP contribution in [0.4, 0.5) is 11.4 Å². The maximum absolute atomic E-state index is 13.6. The van der Waals surface area contributed by atoms with E-state index in [0.717, 1.165) is 26.6 Å². The predicted molar refractivity (Wildman–Crippen MR) is 133 cm³/mol. The Morgan fingerprint density at radius 3 is 2.00 bits per heavy atom. The monoisotopic (exact) mass is 466 g/mol. The summed E-state index contributed by atoms with van der Waals surface area (Å²) < 4.78 is 33.7. The van der Waals surface area contributed by atoms with Crippen LogP contribution < -0.4 is 14.4 Å². The molecule has 0 unspecified atom stereocenters. The molecule has 0 aliphatic heterocycles. The second-order valence-electron chi connectivity index (χ2n) is 8.07. The first-order chi connectivity index (χ1) is 15.6. The van der Waals surface area contributed by atoms with Crippen LogP contribution in [0.1, 0.15) is 29.2 Å². The van der Waals surface area contributed by atoms with Crippen molar-refractivity contribution < 1.29 is 17.9 Å². The Balaban J connectivity index is 1.95. The van der Waals surface area contributed by atoms with Gasteiger partial charge in [0.05, 0.1) is 17.2 Å². The fourth-order valence-electron chi connectivity index (χ4n) is 3.71. The third-order valence-electron chi connectivity index (χ3n) is 5.27. The highest BCUT2D eigenvalue weighted by Crippen LogP contribution is 2.27. The van der Waals surface area contributed by atoms with Crippen LogP contribution in [0.5, 0.6) is 5.75 Å². The maximum Gasteiger partial charge on any atom is 0.264 e. The first-order valence-corrected chi connectivity index (χ1v) is 12.3. The number of sulfonamides is 1. The smallest absolute Gasteiger partial charge is 0.264 e. The Labute approximate surface area is 196 Å². The Hall–Kier alpha value is -3.32. The molecule has 3 aromatic rings. The normalized spacial score (nSPS) is 11.2. The molecule has 0 aliphatic rings. The zero-order valence-electron chi connectivity index (χ0n) is 19.7. The SMILES string of the molecule is CCOc1ccc(S(=O)(=O)N(CC(=O)Nc2c(C)cc(C)cc2C)c2ccc(C)cc2)cc1. The van der Waals surface area contributed by atoms with Crippen LogP contribution in [0.25, 0.3) is 0 Å². The van der Waals surface area contributed by atoms with Gasteiger partial charge in [0.1, 0.15) is 12.3 Å². The molecular weight excluding hydrogens is 436 g/mol. The van der Waals surface area contributed by atoms with Crippen LogP contribution >= 0.6 is 0 Å². The molecule has 0 fully saturated rings. The largest absolute Gasteiger partial charge is 0.494 e. The number of carbonyl (C=O) groups is 1. The van der Waals surface area contributed by atoms with Crippen molar-refractivity contribution in [1.29, 1.82) is 0 Å². The van der Waals surface area contributed by atoms with Gasteiger partial charge >= 0.3 is 0 Å². The fourth-order valence-corrected chi connectivity index (χ4v) is 5.14. The Morgan fingerprint density at radius 2 is 1.45 bits per heavy atom. The van der Waals surface area contributed by atoms with Crippen molar-refractivity contribution in [3.05, 3.63) is 82.9 Å². The zero-order chi connectivity index (χ0) is 24.2. The van der Waals surface area contributed by atoms with Crippen molar-refractivity contribution in [3.63, 3.8) is 0 Å². The van der Waals surface area contributed by atoms with Crippen LogP contribution in [0.3, 0.4) is 0 Å². The van der Waals surface area contributed by atoms with E-state index in [0.29, 0.717) is 23.7 Å². The van der Waals surface area contributed by atoms with Crippen molar-refractivity contribution in [3.8, 4) is 5.75 Å². The van der Waals surface area contributed by atoms with E-state index in [9.17, 15) is 13.2 Å². The minimum atomic E-state index is -4.00. The number of hydrogen-bond donors (Lipinski definition) is 1. The van der Waals surface area contributed by atoms with Gasteiger partial charge in [-0.3, -0.25) is 9.10 Å². The van der Waals surface area contributed by atoms with Crippen LogP contribution in [0.15, 0.2) is 65.6 Å². The van der Waals surface area contributed by atoms with E-state index in [1.807, 2.05) is 58.9 Å². The minimum absolute atomic E-state index is 0.0852. The van der Waals surface area contributed by atoms with Crippen molar-refractivity contribution >= 4 is 27.3 Å². The summed E-state index contributed by atoms with van der Waals surface area (Å²) in [6, 6.07) is 17.2. The Bertz CT molecular complexity index is 1210. The highest BCUT2D eigenvalue weighted by atomic mass is 32.2. The number of aryl methyl sites for hydroxylation is 4. The maximum atomic E-state index is 13.6. The number of hydrogen-bond acceptors (Lipinski definition) is 4. The van der Waals surface area contributed by atoms with E-state index >= 15 is 0 Å². The lowest BCUT2D eigenvalue weighted by Crippen LogP contribution is -2.38. The van der Waals surface area contributed by atoms with Gasteiger partial charge in [0.25, 0.3) is 10.0 Å². The number of carbonyl (C=O) groups excluding carboxylic acids is 1. The lowest BCUT2D eigenvalue weighted by atomic mass is 10.1. The molecule has 0 bridgehead atoms. The van der Waals surface area contributed by atoms with Gasteiger partial charge in [-0.1, -0.05) is 35.4 Å². The van der Waals surface area contributed by atoms with Crippen LogP contribution in [0.2, 0.25) is 0 Å². The molecule has 0 saturated carbocycles. The average Bonchev–Trinajstić information content (AvgIpc) is 2.76. The molecule has 1 N–H and O–H groups in total. The van der Waals surface area contributed by atoms with Gasteiger partial charge in [-0.2, -0.15) is 0 Å². The number of ether oxygens (including phenoxy) is 1. The fraction of sp³-hybridized carbons (Fsp3) is 0.269. The van der Waals surface area contributed by atoms with Gasteiger partial charge in [0, 0.05) is 5.69 Å². The first kappa shape index (κ1) is 24.3. The zero-order valence-corrected chi connectivity index (χ0v) is 20.5. The van der Waals surface area contributed by atoms with Crippen LogP contribution in [-0.4, -0.2) is 27.5 Å². The van der Waals surface area contributed by atoms with E-state index in [4.69, 9.17) is 4.74 Å². The van der Waals surface area contributed by atoms with Crippen molar-refractivity contribution in [2.75, 3.05) is 22.8 Å². The van der Waals surface area contributed by atoms with E-state index in [1.165, 1.54) is 12.1 Å². The van der Waals surface area contributed by atoms with Crippen LogP contribution in [-0.2, 0) is 14.8 Å². The first-order valence-electron chi connectivity index (χ1n) is 10.8. The summed E-state index contributed by atoms with van der Waals surface area (Å²) in [5.74, 6) is 0.168. The molecule has 0 aromatic heterocycles. The summed E-state index contributed by atoms with van der Waals surface area (Å²) in [4.78, 5) is 13.1. The van der Waals surface area contributed by atoms with Gasteiger partial charge in [-0.15, -0.1) is 0 Å². The molecule has 6 nitrogen and oxygen atoms in total. The van der Waals surface area contributed by atoms with Crippen molar-refractivity contribution in [2.24, 2.45) is 0 Å². The van der Waals surface area contributed by atoms with Gasteiger partial charge in [-0.05, 0) is 82.1 Å². The number of anilines is 2. The molecule has 0 spiro atoms. The van der Waals surface area contributed by atoms with Crippen LogP contribution in [0, 0.1) is 27.7 Å². The molecule has 3 rings (SSSR count). The summed E-state index contributed by atoms with van der Waals surface area (Å²) in [7, 11) is -4.00. The molecule has 7 heteroatoms. The van der Waals surface area contributed by atoms with Gasteiger partial charge in [0.2, 0.25) is 5.91 Å². The third kappa shape index (κ3) is 5.73. The number of rotatable bonds is 8. The molecule has 0 heterocycles. The van der Waals surface area contributed by atoms with Gasteiger partial charge in [-0.25, -0.2) is 8.42 Å². The van der Waals surface area contributed by atoms with E-state index in [1.54, 1.807) is 24.3 Å². The minimum Gasteiger partial charge on any atom is -0.494 e. The van der Waals surface area contributed by atoms with Crippen molar-refractivity contribution in [2.45, 2.75) is 39.5 Å². The molecule has 33 heavy (non-hydrogen) atoms. The predicted octanol–water partition coefficient (Wildman–Crippen LogP) is 5.15. The number of nitrogens with zero attached hydrogens (tertiary/aromatic N) is 1. The third-order valence-corrected chi connectivity index (χ3v) is 7.06. The van der Waals surface area contributed by atoms with Gasteiger partial charge in [0.15, 0.2) is 0 Å². The van der Waals surface area contributed by atoms with Gasteiger partial charge < -0.3 is 10.1 Å². The van der Waals surface area contributed by atoms with E-state index in [-0.39, 0.29) is 11.4 Å². The second-order valence-corrected chi connectivity index (χ2v) is 9.94. The summed E-state index contributed by atoms with van der Waals surface area (Å²) in [6.45, 7) is 9.75. The Kier molecular flexibility index (Phi) is 7.43. The lowest BCUT2D eigenvalue weighted by Gasteiger charge is -2.25. The molecule has 0 aliphatic carbocycles. The molecule has 3 aromatic carbocycles. The lowest BCUT2D eigenvalue weighted by molar-refractivity contribution is -0.114. The highest BCUT2D eigenvalue weighted by Gasteiger charge is 2.27. The molecule has 0 saturated heterocycles. The molecule has 0 radical (unpaired) electrons. The summed E-state index contributed by atoms with van der Waals surface area (Å²) in [5.41, 5.74) is 5.07. The standard InChI is InChI=1S/C26H30N2O4S/c1-6-32-23-11-13-24(14-12-23)33(30,31)28(22-9-7-18(2)8-10-22)17-25(29)27-26-20(4)15-19(3)16-21(26)5/h7-16H,6,17H2,1-5H3,(H,27,29). The number of nitrogens with one attached hydrogen (secondary N) is 1. The highest BCUT2D eigenvalue weighted by molar-refractivity contribution is 7.92. The molecular formula is C26H30N2O4S.